The summed E-state index contributed by atoms with van der Waals surface area (Å²) in [6.07, 6.45) is 2.65. The van der Waals surface area contributed by atoms with E-state index in [2.05, 4.69) is 43.3 Å². The average Bonchev–Trinajstić information content (AvgIpc) is 3.35. The number of rotatable bonds is 7. The molecule has 1 saturated carbocycles. The van der Waals surface area contributed by atoms with Crippen molar-refractivity contribution < 1.29 is 32.6 Å². The number of halogens is 2. The Bertz CT molecular complexity index is 1220. The Balaban J connectivity index is 1.46. The van der Waals surface area contributed by atoms with Crippen LogP contribution in [0, 0.1) is 17.6 Å². The molecule has 1 aliphatic carbocycles. The maximum Gasteiger partial charge on any atom is 0.411 e. The molecular formula is C32H42F2N2O5. The van der Waals surface area contributed by atoms with Crippen molar-refractivity contribution >= 4 is 12.1 Å². The van der Waals surface area contributed by atoms with E-state index in [9.17, 15) is 14.0 Å². The van der Waals surface area contributed by atoms with E-state index < -0.39 is 41.4 Å². The van der Waals surface area contributed by atoms with Crippen LogP contribution in [-0.4, -0.2) is 67.4 Å². The summed E-state index contributed by atoms with van der Waals surface area (Å²) in [6.45, 7) is 5.15. The van der Waals surface area contributed by atoms with Crippen molar-refractivity contribution in [3.8, 4) is 5.75 Å². The van der Waals surface area contributed by atoms with E-state index in [1.807, 2.05) is 6.07 Å². The number of esters is 1. The highest BCUT2D eigenvalue weighted by Gasteiger charge is 2.44. The van der Waals surface area contributed by atoms with Crippen LogP contribution >= 0.6 is 0 Å². The molecule has 2 atom stereocenters. The summed E-state index contributed by atoms with van der Waals surface area (Å²) in [5.74, 6) is -1.84. The highest BCUT2D eigenvalue weighted by atomic mass is 19.1. The second-order valence-electron chi connectivity index (χ2n) is 12.5. The first kappa shape index (κ1) is 30.8. The first-order chi connectivity index (χ1) is 19.3. The van der Waals surface area contributed by atoms with Crippen molar-refractivity contribution in [1.29, 1.82) is 0 Å². The molecule has 4 rings (SSSR count). The molecule has 1 heterocycles. The van der Waals surface area contributed by atoms with Crippen molar-refractivity contribution in [2.24, 2.45) is 5.92 Å². The van der Waals surface area contributed by atoms with Crippen molar-refractivity contribution in [3.05, 3.63) is 65.2 Å². The molecule has 1 amide bonds. The lowest BCUT2D eigenvalue weighted by Gasteiger charge is -2.45. The maximum absolute atomic E-state index is 15.7. The molecule has 1 aliphatic heterocycles. The smallest absolute Gasteiger partial charge is 0.411 e. The lowest BCUT2D eigenvalue weighted by molar-refractivity contribution is -0.145. The van der Waals surface area contributed by atoms with Crippen molar-refractivity contribution in [1.82, 2.24) is 9.80 Å². The number of likely N-dealkylation sites (tertiary alicyclic amines) is 1. The van der Waals surface area contributed by atoms with E-state index in [4.69, 9.17) is 14.2 Å². The second kappa shape index (κ2) is 12.3. The Morgan fingerprint density at radius 1 is 1.07 bits per heavy atom. The number of carbonyl (C=O) groups is 2. The van der Waals surface area contributed by atoms with Gasteiger partial charge >= 0.3 is 12.1 Å². The minimum atomic E-state index is -0.945. The number of nitrogens with zero attached hydrogens (tertiary/aromatic N) is 2. The molecule has 2 aliphatic rings. The van der Waals surface area contributed by atoms with Gasteiger partial charge in [0.25, 0.3) is 0 Å². The van der Waals surface area contributed by atoms with Gasteiger partial charge in [0.05, 0.1) is 13.7 Å². The van der Waals surface area contributed by atoms with Gasteiger partial charge in [-0.1, -0.05) is 30.3 Å². The van der Waals surface area contributed by atoms with Gasteiger partial charge in [0, 0.05) is 18.0 Å². The predicted octanol–water partition coefficient (Wildman–Crippen LogP) is 6.08. The number of ether oxygens (including phenoxy) is 3. The monoisotopic (exact) mass is 572 g/mol. The van der Waals surface area contributed by atoms with Gasteiger partial charge < -0.3 is 14.2 Å². The van der Waals surface area contributed by atoms with Crippen LogP contribution in [0.2, 0.25) is 0 Å². The van der Waals surface area contributed by atoms with Gasteiger partial charge in [-0.25, -0.2) is 18.4 Å². The fourth-order valence-electron chi connectivity index (χ4n) is 6.21. The molecule has 0 bridgehead atoms. The Labute approximate surface area is 241 Å². The number of carbonyl (C=O) groups excluding carboxylic acids is 2. The summed E-state index contributed by atoms with van der Waals surface area (Å²) in [5.41, 5.74) is 0.699. The van der Waals surface area contributed by atoms with Gasteiger partial charge in [-0.3, -0.25) is 9.80 Å². The number of amides is 1. The molecule has 0 radical (unpaired) electrons. The molecule has 9 heteroatoms. The van der Waals surface area contributed by atoms with Crippen LogP contribution in [0.3, 0.4) is 0 Å². The molecule has 7 nitrogen and oxygen atoms in total. The molecule has 224 valence electrons. The Morgan fingerprint density at radius 2 is 1.73 bits per heavy atom. The van der Waals surface area contributed by atoms with Crippen molar-refractivity contribution in [3.63, 3.8) is 0 Å². The SMILES string of the molecule is COC(=O)[C@@H]1C[C@H](Oc2cc(F)cc(CC3CCC(c4ccccc4)(N(C)C)CC3)c2F)CN1C(=O)OC(C)(C)C. The quantitative estimate of drug-likeness (QED) is 0.375. The van der Waals surface area contributed by atoms with Gasteiger partial charge in [-0.05, 0) is 90.1 Å². The second-order valence-corrected chi connectivity index (χ2v) is 12.5. The summed E-state index contributed by atoms with van der Waals surface area (Å²) in [6, 6.07) is 11.8. The van der Waals surface area contributed by atoms with E-state index >= 15 is 4.39 Å². The van der Waals surface area contributed by atoms with Crippen LogP contribution in [0.1, 0.15) is 64.0 Å². The highest BCUT2D eigenvalue weighted by molar-refractivity contribution is 5.82. The van der Waals surface area contributed by atoms with Gasteiger partial charge in [-0.15, -0.1) is 0 Å². The fraction of sp³-hybridized carbons (Fsp3) is 0.562. The summed E-state index contributed by atoms with van der Waals surface area (Å²) in [5, 5.41) is 0. The number of hydrogen-bond donors (Lipinski definition) is 0. The van der Waals surface area contributed by atoms with Gasteiger partial charge in [0.15, 0.2) is 11.6 Å². The first-order valence-corrected chi connectivity index (χ1v) is 14.3. The van der Waals surface area contributed by atoms with Gasteiger partial charge in [0.1, 0.15) is 23.6 Å². The van der Waals surface area contributed by atoms with Gasteiger partial charge in [0.2, 0.25) is 0 Å². The standard InChI is InChI=1S/C32H42F2N2O5/c1-31(2,3)41-30(38)36-20-25(19-26(36)29(37)39-6)40-27-18-24(33)17-22(28(27)34)16-21-12-14-32(15-13-21,35(4)5)23-10-8-7-9-11-23/h7-11,17-18,21,25-26H,12-16,19-20H2,1-6H3/t21?,25-,26-,32?/m0/s1. The third-order valence-electron chi connectivity index (χ3n) is 8.35. The molecule has 0 unspecified atom stereocenters. The van der Waals surface area contributed by atoms with Crippen molar-refractivity contribution in [2.45, 2.75) is 82.6 Å². The normalized spacial score (nSPS) is 24.8. The summed E-state index contributed by atoms with van der Waals surface area (Å²) >= 11 is 0. The van der Waals surface area contributed by atoms with Crippen LogP contribution in [0.4, 0.5) is 13.6 Å². The van der Waals surface area contributed by atoms with Crippen LogP contribution in [0.25, 0.3) is 0 Å². The van der Waals surface area contributed by atoms with Crippen molar-refractivity contribution in [2.75, 3.05) is 27.7 Å². The van der Waals surface area contributed by atoms with Crippen LogP contribution in [0.15, 0.2) is 42.5 Å². The first-order valence-electron chi connectivity index (χ1n) is 14.3. The lowest BCUT2D eigenvalue weighted by atomic mass is 9.70. The molecule has 2 aromatic rings. The third-order valence-corrected chi connectivity index (χ3v) is 8.35. The largest absolute Gasteiger partial charge is 0.485 e. The van der Waals surface area contributed by atoms with Crippen LogP contribution in [-0.2, 0) is 26.2 Å². The molecule has 0 spiro atoms. The van der Waals surface area contributed by atoms with E-state index in [1.165, 1.54) is 23.6 Å². The summed E-state index contributed by atoms with van der Waals surface area (Å²) < 4.78 is 46.6. The fourth-order valence-corrected chi connectivity index (χ4v) is 6.21. The highest BCUT2D eigenvalue weighted by Crippen LogP contribution is 2.44. The molecule has 0 N–H and O–H groups in total. The number of benzene rings is 2. The maximum atomic E-state index is 15.7. The van der Waals surface area contributed by atoms with E-state index in [-0.39, 0.29) is 35.7 Å². The number of methoxy groups -OCH3 is 1. The predicted molar refractivity (Wildman–Crippen MR) is 152 cm³/mol. The lowest BCUT2D eigenvalue weighted by Crippen LogP contribution is -2.44. The van der Waals surface area contributed by atoms with Crippen LogP contribution in [0.5, 0.6) is 5.75 Å². The molecule has 2 fully saturated rings. The third kappa shape index (κ3) is 7.00. The number of hydrogen-bond acceptors (Lipinski definition) is 6. The molecule has 1 saturated heterocycles. The van der Waals surface area contributed by atoms with Gasteiger partial charge in [-0.2, -0.15) is 0 Å². The minimum absolute atomic E-state index is 0.0192. The van der Waals surface area contributed by atoms with Crippen LogP contribution < -0.4 is 4.74 Å². The van der Waals surface area contributed by atoms with E-state index in [0.29, 0.717) is 6.42 Å². The molecule has 0 aromatic heterocycles. The summed E-state index contributed by atoms with van der Waals surface area (Å²) in [4.78, 5) is 28.7. The zero-order valence-electron chi connectivity index (χ0n) is 24.9. The van der Waals surface area contributed by atoms with E-state index in [1.54, 1.807) is 20.8 Å². The topological polar surface area (TPSA) is 68.3 Å². The molecule has 2 aromatic carbocycles. The minimum Gasteiger partial charge on any atom is -0.485 e. The van der Waals surface area contributed by atoms with E-state index in [0.717, 1.165) is 31.7 Å². The molecular weight excluding hydrogens is 530 g/mol. The average molecular weight is 573 g/mol. The Kier molecular flexibility index (Phi) is 9.26. The Hall–Kier alpha value is -3.20. The zero-order valence-corrected chi connectivity index (χ0v) is 24.9. The molecule has 41 heavy (non-hydrogen) atoms. The Morgan fingerprint density at radius 3 is 2.32 bits per heavy atom. The summed E-state index contributed by atoms with van der Waals surface area (Å²) in [7, 11) is 5.43. The zero-order chi connectivity index (χ0) is 29.9.